The van der Waals surface area contributed by atoms with Crippen LogP contribution in [0.3, 0.4) is 0 Å². The molecule has 0 bridgehead atoms. The van der Waals surface area contributed by atoms with E-state index in [0.29, 0.717) is 11.0 Å². The van der Waals surface area contributed by atoms with Gasteiger partial charge in [-0.2, -0.15) is 0 Å². The first kappa shape index (κ1) is 15.5. The molecule has 0 aromatic heterocycles. The van der Waals surface area contributed by atoms with Gasteiger partial charge >= 0.3 is 0 Å². The van der Waals surface area contributed by atoms with E-state index in [0.717, 1.165) is 19.6 Å². The summed E-state index contributed by atoms with van der Waals surface area (Å²) in [5, 5.41) is 0. The minimum Gasteiger partial charge on any atom is -0.326 e. The molecule has 0 radical (unpaired) electrons. The summed E-state index contributed by atoms with van der Waals surface area (Å²) in [5.74, 6) is -0.189. The van der Waals surface area contributed by atoms with Crippen molar-refractivity contribution < 1.29 is 4.39 Å². The Morgan fingerprint density at radius 1 is 1.20 bits per heavy atom. The van der Waals surface area contributed by atoms with Crippen LogP contribution in [-0.4, -0.2) is 18.0 Å². The summed E-state index contributed by atoms with van der Waals surface area (Å²) < 4.78 is 13.4. The van der Waals surface area contributed by atoms with Crippen LogP contribution >= 0.6 is 0 Å². The largest absolute Gasteiger partial charge is 0.326 e. The van der Waals surface area contributed by atoms with Crippen molar-refractivity contribution in [2.45, 2.75) is 52.6 Å². The van der Waals surface area contributed by atoms with Crippen LogP contribution in [0.15, 0.2) is 18.2 Å². The van der Waals surface area contributed by atoms with Crippen LogP contribution in [0.1, 0.15) is 50.7 Å². The Morgan fingerprint density at radius 2 is 1.85 bits per heavy atom. The highest BCUT2D eigenvalue weighted by Crippen LogP contribution is 2.38. The molecular formula is C17H27FN2. The number of halogens is 1. The van der Waals surface area contributed by atoms with Crippen LogP contribution in [0.5, 0.6) is 0 Å². The summed E-state index contributed by atoms with van der Waals surface area (Å²) >= 11 is 0. The number of benzene rings is 1. The maximum Gasteiger partial charge on any atom is 0.127 e. The molecule has 0 saturated carbocycles. The van der Waals surface area contributed by atoms with E-state index < -0.39 is 0 Å². The Kier molecular flexibility index (Phi) is 5.17. The third-order valence-corrected chi connectivity index (χ3v) is 5.15. The molecule has 3 heteroatoms. The van der Waals surface area contributed by atoms with Gasteiger partial charge in [0.1, 0.15) is 5.82 Å². The predicted molar refractivity (Wildman–Crippen MR) is 81.8 cm³/mol. The van der Waals surface area contributed by atoms with E-state index >= 15 is 0 Å². The topological polar surface area (TPSA) is 29.3 Å². The van der Waals surface area contributed by atoms with Crippen LogP contribution < -0.4 is 5.73 Å². The SMILES string of the molecule is CCC1(CC)CCN(Cc2ccc(F)c(CN)c2)CC1. The molecule has 2 nitrogen and oxygen atoms in total. The molecule has 1 saturated heterocycles. The molecule has 1 heterocycles. The summed E-state index contributed by atoms with van der Waals surface area (Å²) in [6.45, 7) is 8.11. The summed E-state index contributed by atoms with van der Waals surface area (Å²) in [6, 6.07) is 5.34. The number of nitrogens with two attached hydrogens (primary N) is 1. The fourth-order valence-corrected chi connectivity index (χ4v) is 3.28. The number of nitrogens with zero attached hydrogens (tertiary/aromatic N) is 1. The lowest BCUT2D eigenvalue weighted by molar-refractivity contribution is 0.0908. The van der Waals surface area contributed by atoms with E-state index in [1.165, 1.54) is 31.2 Å². The van der Waals surface area contributed by atoms with Crippen molar-refractivity contribution in [3.05, 3.63) is 35.1 Å². The molecule has 0 unspecified atom stereocenters. The van der Waals surface area contributed by atoms with Crippen LogP contribution in [0.25, 0.3) is 0 Å². The average molecular weight is 278 g/mol. The number of piperidine rings is 1. The summed E-state index contributed by atoms with van der Waals surface area (Å²) in [5.41, 5.74) is 7.92. The van der Waals surface area contributed by atoms with Gasteiger partial charge in [0.2, 0.25) is 0 Å². The van der Waals surface area contributed by atoms with E-state index in [-0.39, 0.29) is 12.4 Å². The van der Waals surface area contributed by atoms with Crippen molar-refractivity contribution in [3.8, 4) is 0 Å². The summed E-state index contributed by atoms with van der Waals surface area (Å²) in [6.07, 6.45) is 5.13. The second-order valence-electron chi connectivity index (χ2n) is 6.11. The number of likely N-dealkylation sites (tertiary alicyclic amines) is 1. The minimum atomic E-state index is -0.189. The molecule has 0 atom stereocenters. The molecule has 2 rings (SSSR count). The molecular weight excluding hydrogens is 251 g/mol. The normalized spacial score (nSPS) is 19.2. The van der Waals surface area contributed by atoms with E-state index in [4.69, 9.17) is 5.73 Å². The van der Waals surface area contributed by atoms with Crippen molar-refractivity contribution >= 4 is 0 Å². The molecule has 1 fully saturated rings. The quantitative estimate of drug-likeness (QED) is 0.890. The second-order valence-corrected chi connectivity index (χ2v) is 6.11. The Bertz CT molecular complexity index is 431. The Hall–Kier alpha value is -0.930. The average Bonchev–Trinajstić information content (AvgIpc) is 2.50. The van der Waals surface area contributed by atoms with Gasteiger partial charge in [-0.05, 0) is 43.0 Å². The van der Waals surface area contributed by atoms with Crippen LogP contribution in [0.2, 0.25) is 0 Å². The van der Waals surface area contributed by atoms with Crippen molar-refractivity contribution in [2.24, 2.45) is 11.1 Å². The van der Waals surface area contributed by atoms with E-state index in [9.17, 15) is 4.39 Å². The van der Waals surface area contributed by atoms with Gasteiger partial charge in [-0.25, -0.2) is 4.39 Å². The zero-order valence-electron chi connectivity index (χ0n) is 12.8. The van der Waals surface area contributed by atoms with Gasteiger partial charge < -0.3 is 5.73 Å². The molecule has 1 aliphatic rings. The number of hydrogen-bond donors (Lipinski definition) is 1. The van der Waals surface area contributed by atoms with Crippen molar-refractivity contribution in [3.63, 3.8) is 0 Å². The summed E-state index contributed by atoms with van der Waals surface area (Å²) in [4.78, 5) is 2.48. The highest BCUT2D eigenvalue weighted by atomic mass is 19.1. The first-order valence-corrected chi connectivity index (χ1v) is 7.82. The molecule has 1 aromatic carbocycles. The molecule has 20 heavy (non-hydrogen) atoms. The number of rotatable bonds is 5. The van der Waals surface area contributed by atoms with Gasteiger partial charge in [0.05, 0.1) is 0 Å². The smallest absolute Gasteiger partial charge is 0.127 e. The van der Waals surface area contributed by atoms with Crippen molar-refractivity contribution in [2.75, 3.05) is 13.1 Å². The lowest BCUT2D eigenvalue weighted by Crippen LogP contribution is -2.39. The van der Waals surface area contributed by atoms with Crippen molar-refractivity contribution in [1.29, 1.82) is 0 Å². The second kappa shape index (κ2) is 6.68. The summed E-state index contributed by atoms with van der Waals surface area (Å²) in [7, 11) is 0. The molecule has 0 aliphatic carbocycles. The Morgan fingerprint density at radius 3 is 2.40 bits per heavy atom. The minimum absolute atomic E-state index is 0.189. The van der Waals surface area contributed by atoms with Crippen LogP contribution in [-0.2, 0) is 13.1 Å². The standard InChI is InChI=1S/C17H27FN2/c1-3-17(4-2)7-9-20(10-8-17)13-14-5-6-16(18)15(11-14)12-19/h5-6,11H,3-4,7-10,12-13,19H2,1-2H3. The fraction of sp³-hybridized carbons (Fsp3) is 0.647. The molecule has 0 amide bonds. The fourth-order valence-electron chi connectivity index (χ4n) is 3.28. The van der Waals surface area contributed by atoms with Crippen LogP contribution in [0.4, 0.5) is 4.39 Å². The zero-order valence-corrected chi connectivity index (χ0v) is 12.8. The molecule has 1 aromatic rings. The highest BCUT2D eigenvalue weighted by molar-refractivity contribution is 5.25. The number of hydrogen-bond acceptors (Lipinski definition) is 2. The van der Waals surface area contributed by atoms with E-state index in [1.807, 2.05) is 12.1 Å². The first-order valence-electron chi connectivity index (χ1n) is 7.82. The lowest BCUT2D eigenvalue weighted by atomic mass is 9.74. The van der Waals surface area contributed by atoms with Gasteiger partial charge in [-0.15, -0.1) is 0 Å². The van der Waals surface area contributed by atoms with Crippen LogP contribution in [0, 0.1) is 11.2 Å². The van der Waals surface area contributed by atoms with Gasteiger partial charge in [-0.1, -0.05) is 38.8 Å². The maximum atomic E-state index is 13.4. The van der Waals surface area contributed by atoms with E-state index in [2.05, 4.69) is 18.7 Å². The Balaban J connectivity index is 1.96. The molecule has 1 aliphatic heterocycles. The van der Waals surface area contributed by atoms with Gasteiger partial charge in [0, 0.05) is 18.7 Å². The third kappa shape index (κ3) is 3.39. The molecule has 2 N–H and O–H groups in total. The third-order valence-electron chi connectivity index (χ3n) is 5.15. The monoisotopic (exact) mass is 278 g/mol. The van der Waals surface area contributed by atoms with Gasteiger partial charge in [0.15, 0.2) is 0 Å². The predicted octanol–water partition coefficient (Wildman–Crippen LogP) is 3.69. The lowest BCUT2D eigenvalue weighted by Gasteiger charge is -2.41. The highest BCUT2D eigenvalue weighted by Gasteiger charge is 2.30. The molecule has 112 valence electrons. The van der Waals surface area contributed by atoms with Crippen molar-refractivity contribution in [1.82, 2.24) is 4.90 Å². The molecule has 0 spiro atoms. The Labute approximate surface area is 122 Å². The zero-order chi connectivity index (χ0) is 14.6. The maximum absolute atomic E-state index is 13.4. The van der Waals surface area contributed by atoms with Gasteiger partial charge in [0.25, 0.3) is 0 Å². The first-order chi connectivity index (χ1) is 9.62. The van der Waals surface area contributed by atoms with Gasteiger partial charge in [-0.3, -0.25) is 4.90 Å². The van der Waals surface area contributed by atoms with E-state index in [1.54, 1.807) is 6.07 Å².